The van der Waals surface area contributed by atoms with E-state index in [0.29, 0.717) is 16.7 Å². The highest BCUT2D eigenvalue weighted by Gasteiger charge is 2.19. The number of thioether (sulfide) groups is 1. The lowest BCUT2D eigenvalue weighted by molar-refractivity contribution is -0.113. The molecule has 0 spiro atoms. The minimum atomic E-state index is -0.630. The molecule has 12 heteroatoms. The first-order chi connectivity index (χ1) is 18.9. The molecule has 0 aliphatic rings. The zero-order chi connectivity index (χ0) is 27.8. The van der Waals surface area contributed by atoms with Gasteiger partial charge in [-0.25, -0.2) is 9.18 Å². The second-order valence-electron chi connectivity index (χ2n) is 7.98. The van der Waals surface area contributed by atoms with Crippen molar-refractivity contribution < 1.29 is 23.5 Å². The van der Waals surface area contributed by atoms with Crippen LogP contribution in [0.5, 0.6) is 0 Å². The smallest absolute Gasteiger partial charge is 0.338 e. The van der Waals surface area contributed by atoms with Gasteiger partial charge in [-0.1, -0.05) is 53.7 Å². The molecule has 3 aromatic carbocycles. The lowest BCUT2D eigenvalue weighted by Gasteiger charge is -2.12. The minimum Gasteiger partial charge on any atom is -0.462 e. The van der Waals surface area contributed by atoms with Crippen LogP contribution in [-0.2, 0) is 16.1 Å². The molecule has 2 amide bonds. The Kier molecular flexibility index (Phi) is 9.29. The van der Waals surface area contributed by atoms with Gasteiger partial charge in [0.2, 0.25) is 5.91 Å². The van der Waals surface area contributed by atoms with E-state index in [-0.39, 0.29) is 46.6 Å². The summed E-state index contributed by atoms with van der Waals surface area (Å²) in [6, 6.07) is 19.3. The Labute approximate surface area is 232 Å². The maximum absolute atomic E-state index is 14.0. The highest BCUT2D eigenvalue weighted by molar-refractivity contribution is 7.99. The molecular weight excluding hydrogens is 545 g/mol. The zero-order valence-corrected chi connectivity index (χ0v) is 22.3. The number of para-hydroxylation sites is 1. The van der Waals surface area contributed by atoms with Crippen LogP contribution in [0.2, 0.25) is 5.02 Å². The second-order valence-corrected chi connectivity index (χ2v) is 9.33. The van der Waals surface area contributed by atoms with Crippen LogP contribution in [0.25, 0.3) is 5.69 Å². The zero-order valence-electron chi connectivity index (χ0n) is 20.7. The number of nitrogens with one attached hydrogen (secondary N) is 2. The number of nitrogens with zero attached hydrogens (tertiary/aromatic N) is 3. The van der Waals surface area contributed by atoms with Crippen LogP contribution >= 0.6 is 23.4 Å². The van der Waals surface area contributed by atoms with Gasteiger partial charge in [-0.2, -0.15) is 0 Å². The van der Waals surface area contributed by atoms with E-state index in [9.17, 15) is 18.8 Å². The van der Waals surface area contributed by atoms with Crippen LogP contribution in [0.3, 0.4) is 0 Å². The van der Waals surface area contributed by atoms with E-state index in [1.54, 1.807) is 17.6 Å². The van der Waals surface area contributed by atoms with Crippen LogP contribution < -0.4 is 10.6 Å². The van der Waals surface area contributed by atoms with Gasteiger partial charge in [0.15, 0.2) is 11.0 Å². The maximum Gasteiger partial charge on any atom is 0.338 e. The number of carbonyl (C=O) groups is 3. The quantitative estimate of drug-likeness (QED) is 0.207. The predicted molar refractivity (Wildman–Crippen MR) is 146 cm³/mol. The van der Waals surface area contributed by atoms with Crippen molar-refractivity contribution in [3.63, 3.8) is 0 Å². The first kappa shape index (κ1) is 27.8. The molecule has 0 bridgehead atoms. The van der Waals surface area contributed by atoms with Gasteiger partial charge in [0.05, 0.1) is 40.7 Å². The third kappa shape index (κ3) is 7.01. The summed E-state index contributed by atoms with van der Waals surface area (Å²) in [5, 5.41) is 14.4. The molecule has 1 heterocycles. The molecule has 0 fully saturated rings. The number of benzene rings is 3. The number of esters is 1. The average molecular weight is 568 g/mol. The van der Waals surface area contributed by atoms with Crippen LogP contribution in [-0.4, -0.2) is 44.9 Å². The van der Waals surface area contributed by atoms with E-state index in [2.05, 4.69) is 20.8 Å². The van der Waals surface area contributed by atoms with E-state index >= 15 is 0 Å². The Bertz CT molecular complexity index is 1500. The van der Waals surface area contributed by atoms with Gasteiger partial charge in [0.25, 0.3) is 5.91 Å². The Balaban J connectivity index is 1.48. The number of rotatable bonds is 10. The molecule has 0 unspecified atom stereocenters. The number of carbonyl (C=O) groups excluding carboxylic acids is 3. The fourth-order valence-corrected chi connectivity index (χ4v) is 4.46. The SMILES string of the molecule is CCOC(=O)c1ccc(Cl)c(NC(=O)CSc2nnc(CNC(=O)c3ccccc3F)n2-c2ccccc2)c1. The van der Waals surface area contributed by atoms with Crippen molar-refractivity contribution in [3.05, 3.63) is 101 Å². The summed E-state index contributed by atoms with van der Waals surface area (Å²) in [5.41, 5.74) is 1.16. The molecule has 200 valence electrons. The summed E-state index contributed by atoms with van der Waals surface area (Å²) in [7, 11) is 0. The normalized spacial score (nSPS) is 10.6. The van der Waals surface area contributed by atoms with Crippen molar-refractivity contribution >= 4 is 46.8 Å². The third-order valence-electron chi connectivity index (χ3n) is 5.32. The highest BCUT2D eigenvalue weighted by atomic mass is 35.5. The third-order valence-corrected chi connectivity index (χ3v) is 6.58. The Morgan fingerprint density at radius 2 is 1.77 bits per heavy atom. The highest BCUT2D eigenvalue weighted by Crippen LogP contribution is 2.26. The monoisotopic (exact) mass is 567 g/mol. The topological polar surface area (TPSA) is 115 Å². The average Bonchev–Trinajstić information content (AvgIpc) is 3.35. The fourth-order valence-electron chi connectivity index (χ4n) is 3.52. The first-order valence-electron chi connectivity index (χ1n) is 11.8. The van der Waals surface area contributed by atoms with Crippen molar-refractivity contribution in [3.8, 4) is 5.69 Å². The lowest BCUT2D eigenvalue weighted by atomic mass is 10.2. The number of anilines is 1. The molecule has 0 aliphatic carbocycles. The number of halogens is 2. The van der Waals surface area contributed by atoms with Crippen LogP contribution in [0.1, 0.15) is 33.5 Å². The van der Waals surface area contributed by atoms with Crippen molar-refractivity contribution in [1.29, 1.82) is 0 Å². The summed E-state index contributed by atoms with van der Waals surface area (Å²) < 4.78 is 20.7. The molecule has 4 aromatic rings. The van der Waals surface area contributed by atoms with Crippen LogP contribution in [0, 0.1) is 5.82 Å². The van der Waals surface area contributed by atoms with Gasteiger partial charge in [0.1, 0.15) is 5.82 Å². The van der Waals surface area contributed by atoms with Crippen molar-refractivity contribution in [2.45, 2.75) is 18.6 Å². The number of hydrogen-bond acceptors (Lipinski definition) is 7. The van der Waals surface area contributed by atoms with Gasteiger partial charge in [-0.15, -0.1) is 10.2 Å². The Morgan fingerprint density at radius 3 is 2.51 bits per heavy atom. The van der Waals surface area contributed by atoms with E-state index < -0.39 is 17.7 Å². The molecule has 39 heavy (non-hydrogen) atoms. The molecule has 2 N–H and O–H groups in total. The number of amides is 2. The van der Waals surface area contributed by atoms with E-state index in [0.717, 1.165) is 11.8 Å². The predicted octanol–water partition coefficient (Wildman–Crippen LogP) is 4.90. The molecule has 0 radical (unpaired) electrons. The molecule has 4 rings (SSSR count). The second kappa shape index (κ2) is 13.0. The summed E-state index contributed by atoms with van der Waals surface area (Å²) in [6.45, 7) is 1.89. The van der Waals surface area contributed by atoms with E-state index in [1.165, 1.54) is 36.4 Å². The maximum atomic E-state index is 14.0. The summed E-state index contributed by atoms with van der Waals surface area (Å²) >= 11 is 7.32. The van der Waals surface area contributed by atoms with Crippen LogP contribution in [0.15, 0.2) is 78.0 Å². The summed E-state index contributed by atoms with van der Waals surface area (Å²) in [5.74, 6) is -1.79. The standard InChI is InChI=1S/C27H23ClFN5O4S/c1-2-38-26(37)17-12-13-20(28)22(14-17)31-24(35)16-39-27-33-32-23(34(27)18-8-4-3-5-9-18)15-30-25(36)19-10-6-7-11-21(19)29/h3-14H,2,15-16H2,1H3,(H,30,36)(H,31,35). The van der Waals surface area contributed by atoms with E-state index in [4.69, 9.17) is 16.3 Å². The first-order valence-corrected chi connectivity index (χ1v) is 13.2. The molecule has 0 atom stereocenters. The number of hydrogen-bond donors (Lipinski definition) is 2. The fraction of sp³-hybridized carbons (Fsp3) is 0.148. The van der Waals surface area contributed by atoms with Crippen molar-refractivity contribution in [2.75, 3.05) is 17.7 Å². The molecular formula is C27H23ClFN5O4S. The lowest BCUT2D eigenvalue weighted by Crippen LogP contribution is -2.25. The van der Waals surface area contributed by atoms with Crippen LogP contribution in [0.4, 0.5) is 10.1 Å². The van der Waals surface area contributed by atoms with Gasteiger partial charge in [0, 0.05) is 5.69 Å². The molecule has 0 saturated heterocycles. The largest absolute Gasteiger partial charge is 0.462 e. The van der Waals surface area contributed by atoms with Gasteiger partial charge < -0.3 is 15.4 Å². The summed E-state index contributed by atoms with van der Waals surface area (Å²) in [4.78, 5) is 37.3. The van der Waals surface area contributed by atoms with Crippen molar-refractivity contribution in [2.24, 2.45) is 0 Å². The Morgan fingerprint density at radius 1 is 1.03 bits per heavy atom. The molecule has 1 aromatic heterocycles. The van der Waals surface area contributed by atoms with Crippen molar-refractivity contribution in [1.82, 2.24) is 20.1 Å². The summed E-state index contributed by atoms with van der Waals surface area (Å²) in [6.07, 6.45) is 0. The minimum absolute atomic E-state index is 0.0297. The number of aromatic nitrogens is 3. The number of ether oxygens (including phenoxy) is 1. The van der Waals surface area contributed by atoms with Gasteiger partial charge in [-0.3, -0.25) is 14.2 Å². The molecule has 9 nitrogen and oxygen atoms in total. The van der Waals surface area contributed by atoms with E-state index in [1.807, 2.05) is 30.3 Å². The molecule has 0 saturated carbocycles. The molecule has 0 aliphatic heterocycles. The van der Waals surface area contributed by atoms with Gasteiger partial charge >= 0.3 is 5.97 Å². The Hall–Kier alpha value is -4.22. The van der Waals surface area contributed by atoms with Gasteiger partial charge in [-0.05, 0) is 49.4 Å².